The highest BCUT2D eigenvalue weighted by Gasteiger charge is 2.19. The molecule has 1 aromatic carbocycles. The molecular formula is C25H24FN3O3S2. The number of methoxy groups -OCH3 is 1. The first-order valence-corrected chi connectivity index (χ1v) is 12.4. The smallest absolute Gasteiger partial charge is 0.339 e. The summed E-state index contributed by atoms with van der Waals surface area (Å²) in [7, 11) is 1.43. The van der Waals surface area contributed by atoms with E-state index in [-0.39, 0.29) is 17.1 Å². The molecule has 0 amide bonds. The predicted octanol–water partition coefficient (Wildman–Crippen LogP) is 7.11. The fourth-order valence-corrected chi connectivity index (χ4v) is 5.14. The summed E-state index contributed by atoms with van der Waals surface area (Å²) in [6.07, 6.45) is 3.41. The second-order valence-electron chi connectivity index (χ2n) is 8.10. The van der Waals surface area contributed by atoms with Gasteiger partial charge in [-0.1, -0.05) is 19.9 Å². The number of aryl methyl sites for hydroxylation is 1. The first-order chi connectivity index (χ1) is 16.4. The van der Waals surface area contributed by atoms with Crippen LogP contribution in [-0.4, -0.2) is 28.2 Å². The Hall–Kier alpha value is -3.30. The lowest BCUT2D eigenvalue weighted by molar-refractivity contribution is 0.0697. The van der Waals surface area contributed by atoms with E-state index in [0.29, 0.717) is 11.0 Å². The third-order valence-electron chi connectivity index (χ3n) is 5.22. The van der Waals surface area contributed by atoms with Crippen LogP contribution in [-0.2, 0) is 6.42 Å². The summed E-state index contributed by atoms with van der Waals surface area (Å²) in [6, 6.07) is 10.1. The Morgan fingerprint density at radius 2 is 2.06 bits per heavy atom. The number of hydrogen-bond acceptors (Lipinski definition) is 7. The zero-order valence-corrected chi connectivity index (χ0v) is 20.6. The van der Waals surface area contributed by atoms with Gasteiger partial charge >= 0.3 is 5.97 Å². The number of aromatic carboxylic acids is 1. The van der Waals surface area contributed by atoms with Gasteiger partial charge in [-0.3, -0.25) is 0 Å². The van der Waals surface area contributed by atoms with Gasteiger partial charge in [0.15, 0.2) is 16.7 Å². The Kier molecular flexibility index (Phi) is 7.23. The molecule has 0 saturated heterocycles. The van der Waals surface area contributed by atoms with Crippen LogP contribution in [0.1, 0.15) is 35.5 Å². The van der Waals surface area contributed by atoms with Crippen molar-refractivity contribution in [3.05, 3.63) is 64.2 Å². The van der Waals surface area contributed by atoms with Crippen molar-refractivity contribution >= 4 is 39.6 Å². The van der Waals surface area contributed by atoms with E-state index in [9.17, 15) is 14.3 Å². The molecule has 4 aromatic rings. The van der Waals surface area contributed by atoms with Gasteiger partial charge in [0.2, 0.25) is 0 Å². The molecule has 0 atom stereocenters. The number of carboxylic acid groups (broad SMARTS) is 1. The molecule has 0 saturated carbocycles. The van der Waals surface area contributed by atoms with E-state index >= 15 is 0 Å². The SMILES string of the molecule is COc1cc(-c2nc(Nc3ncc(-c4cccs4)cc3C(=O)O)sc2CCC(C)C)ccc1F. The summed E-state index contributed by atoms with van der Waals surface area (Å²) < 4.78 is 19.1. The minimum absolute atomic E-state index is 0.0647. The minimum atomic E-state index is -1.08. The number of halogens is 1. The van der Waals surface area contributed by atoms with Gasteiger partial charge in [0, 0.05) is 27.1 Å². The summed E-state index contributed by atoms with van der Waals surface area (Å²) in [5, 5.41) is 15.3. The molecule has 0 unspecified atom stereocenters. The normalized spacial score (nSPS) is 11.1. The molecule has 34 heavy (non-hydrogen) atoms. The molecule has 0 aliphatic heterocycles. The fourth-order valence-electron chi connectivity index (χ4n) is 3.43. The number of thiazole rings is 1. The molecule has 0 fully saturated rings. The van der Waals surface area contributed by atoms with Crippen molar-refractivity contribution in [1.82, 2.24) is 9.97 Å². The van der Waals surface area contributed by atoms with E-state index in [1.807, 2.05) is 17.5 Å². The molecule has 3 aromatic heterocycles. The van der Waals surface area contributed by atoms with Gasteiger partial charge in [0.1, 0.15) is 11.4 Å². The van der Waals surface area contributed by atoms with Crippen molar-refractivity contribution in [3.63, 3.8) is 0 Å². The van der Waals surface area contributed by atoms with E-state index in [4.69, 9.17) is 9.72 Å². The third-order valence-corrected chi connectivity index (χ3v) is 7.17. The number of anilines is 2. The summed E-state index contributed by atoms with van der Waals surface area (Å²) >= 11 is 2.96. The summed E-state index contributed by atoms with van der Waals surface area (Å²) in [4.78, 5) is 23.1. The lowest BCUT2D eigenvalue weighted by atomic mass is 10.0. The summed E-state index contributed by atoms with van der Waals surface area (Å²) in [5.74, 6) is -0.647. The number of hydrogen-bond donors (Lipinski definition) is 2. The van der Waals surface area contributed by atoms with Gasteiger partial charge in [-0.15, -0.1) is 22.7 Å². The van der Waals surface area contributed by atoms with Crippen molar-refractivity contribution < 1.29 is 19.0 Å². The number of nitrogens with one attached hydrogen (secondary N) is 1. The molecule has 3 heterocycles. The molecule has 0 spiro atoms. The number of ether oxygens (including phenoxy) is 1. The number of thiophene rings is 1. The Morgan fingerprint density at radius 3 is 2.74 bits per heavy atom. The van der Waals surface area contributed by atoms with Crippen LogP contribution in [0.2, 0.25) is 0 Å². The lowest BCUT2D eigenvalue weighted by Gasteiger charge is -2.08. The van der Waals surface area contributed by atoms with E-state index in [1.54, 1.807) is 24.4 Å². The first kappa shape index (κ1) is 23.8. The average molecular weight is 498 g/mol. The highest BCUT2D eigenvalue weighted by molar-refractivity contribution is 7.16. The number of benzene rings is 1. The Balaban J connectivity index is 1.71. The van der Waals surface area contributed by atoms with Gasteiger partial charge in [0.05, 0.1) is 12.8 Å². The zero-order valence-electron chi connectivity index (χ0n) is 19.0. The van der Waals surface area contributed by atoms with Crippen LogP contribution in [0.25, 0.3) is 21.7 Å². The van der Waals surface area contributed by atoms with Crippen LogP contribution in [0.4, 0.5) is 15.3 Å². The minimum Gasteiger partial charge on any atom is -0.494 e. The van der Waals surface area contributed by atoms with Crippen molar-refractivity contribution in [2.24, 2.45) is 5.92 Å². The van der Waals surface area contributed by atoms with E-state index in [2.05, 4.69) is 24.1 Å². The molecule has 0 bridgehead atoms. The van der Waals surface area contributed by atoms with Crippen LogP contribution in [0.15, 0.2) is 48.0 Å². The Labute approximate surface area is 205 Å². The third kappa shape index (κ3) is 5.26. The molecule has 0 aliphatic rings. The van der Waals surface area contributed by atoms with Crippen LogP contribution in [0.5, 0.6) is 5.75 Å². The Morgan fingerprint density at radius 1 is 1.24 bits per heavy atom. The molecular weight excluding hydrogens is 473 g/mol. The maximum absolute atomic E-state index is 14.0. The van der Waals surface area contributed by atoms with Gasteiger partial charge in [-0.25, -0.2) is 19.2 Å². The highest BCUT2D eigenvalue weighted by atomic mass is 32.1. The zero-order chi connectivity index (χ0) is 24.2. The topological polar surface area (TPSA) is 84.3 Å². The lowest BCUT2D eigenvalue weighted by Crippen LogP contribution is -2.05. The van der Waals surface area contributed by atoms with E-state index in [1.165, 1.54) is 35.8 Å². The summed E-state index contributed by atoms with van der Waals surface area (Å²) in [5.41, 5.74) is 2.27. The van der Waals surface area contributed by atoms with Crippen molar-refractivity contribution in [2.75, 3.05) is 12.4 Å². The number of carboxylic acids is 1. The summed E-state index contributed by atoms with van der Waals surface area (Å²) in [6.45, 7) is 4.30. The molecule has 4 rings (SSSR count). The first-order valence-electron chi connectivity index (χ1n) is 10.7. The highest BCUT2D eigenvalue weighted by Crippen LogP contribution is 2.37. The number of nitrogens with zero attached hydrogens (tertiary/aromatic N) is 2. The van der Waals surface area contributed by atoms with Gasteiger partial charge in [0.25, 0.3) is 0 Å². The second kappa shape index (κ2) is 10.3. The van der Waals surface area contributed by atoms with Crippen molar-refractivity contribution in [3.8, 4) is 27.4 Å². The average Bonchev–Trinajstić information content (AvgIpc) is 3.48. The monoisotopic (exact) mass is 497 g/mol. The van der Waals surface area contributed by atoms with Crippen molar-refractivity contribution in [1.29, 1.82) is 0 Å². The van der Waals surface area contributed by atoms with Crippen molar-refractivity contribution in [2.45, 2.75) is 26.7 Å². The predicted molar refractivity (Wildman–Crippen MR) is 135 cm³/mol. The second-order valence-corrected chi connectivity index (χ2v) is 10.1. The molecule has 2 N–H and O–H groups in total. The van der Waals surface area contributed by atoms with Crippen LogP contribution in [0.3, 0.4) is 0 Å². The number of carbonyl (C=O) groups is 1. The van der Waals surface area contributed by atoms with Crippen LogP contribution >= 0.6 is 22.7 Å². The number of pyridine rings is 1. The quantitative estimate of drug-likeness (QED) is 0.256. The fraction of sp³-hybridized carbons (Fsp3) is 0.240. The number of aromatic nitrogens is 2. The molecule has 0 radical (unpaired) electrons. The molecule has 0 aliphatic carbocycles. The maximum Gasteiger partial charge on any atom is 0.339 e. The molecule has 9 heteroatoms. The van der Waals surface area contributed by atoms with E-state index in [0.717, 1.165) is 39.4 Å². The van der Waals surface area contributed by atoms with Crippen LogP contribution < -0.4 is 10.1 Å². The van der Waals surface area contributed by atoms with E-state index < -0.39 is 11.8 Å². The maximum atomic E-state index is 14.0. The number of rotatable bonds is 9. The molecule has 6 nitrogen and oxygen atoms in total. The Bertz CT molecular complexity index is 1300. The van der Waals surface area contributed by atoms with Gasteiger partial charge in [-0.05, 0) is 54.5 Å². The van der Waals surface area contributed by atoms with Gasteiger partial charge < -0.3 is 15.2 Å². The van der Waals surface area contributed by atoms with Crippen LogP contribution in [0, 0.1) is 11.7 Å². The molecule has 176 valence electrons. The standard InChI is InChI=1S/C25H24FN3O3S2/c1-14(2)6-9-21-22(15-7-8-18(26)19(12-15)32-3)28-25(34-21)29-23-17(24(30)31)11-16(13-27-23)20-5-4-10-33-20/h4-5,7-8,10-14H,6,9H2,1-3H3,(H,30,31)(H,27,28,29). The van der Waals surface area contributed by atoms with Gasteiger partial charge in [-0.2, -0.15) is 0 Å². The largest absolute Gasteiger partial charge is 0.494 e.